The fraction of sp³-hybridized carbons (Fsp3) is 0.381. The monoisotopic (exact) mass is 385 g/mol. The minimum atomic E-state index is -0.260. The molecule has 0 aliphatic heterocycles. The van der Waals surface area contributed by atoms with Crippen molar-refractivity contribution in [2.75, 3.05) is 18.5 Å². The standard InChI is InChI=1S/C21H26FN5O.H2/c1-13(2)11-23-21(28)18-12-24-27-9-8-19(25-20(18)27)26(5)15(4)17-10-16(22)7-6-14(17)3;/h6-10,12-13,15H,11H2,1-5H3,(H,23,28);1H/t15-;/m1./s1. The molecule has 0 spiro atoms. The summed E-state index contributed by atoms with van der Waals surface area (Å²) in [6, 6.07) is 6.54. The highest BCUT2D eigenvalue weighted by Gasteiger charge is 2.19. The Kier molecular flexibility index (Phi) is 5.63. The van der Waals surface area contributed by atoms with E-state index < -0.39 is 0 Å². The highest BCUT2D eigenvalue weighted by atomic mass is 19.1. The lowest BCUT2D eigenvalue weighted by Crippen LogP contribution is -2.27. The van der Waals surface area contributed by atoms with Crippen molar-refractivity contribution in [3.63, 3.8) is 0 Å². The number of hydrogen-bond acceptors (Lipinski definition) is 4. The number of nitrogens with zero attached hydrogens (tertiary/aromatic N) is 4. The number of fused-ring (bicyclic) bond motifs is 1. The van der Waals surface area contributed by atoms with Crippen LogP contribution >= 0.6 is 0 Å². The number of amides is 1. The van der Waals surface area contributed by atoms with E-state index in [9.17, 15) is 9.18 Å². The Hall–Kier alpha value is -2.96. The fourth-order valence-electron chi connectivity index (χ4n) is 3.08. The van der Waals surface area contributed by atoms with Crippen molar-refractivity contribution in [3.05, 3.63) is 59.2 Å². The molecule has 28 heavy (non-hydrogen) atoms. The molecule has 0 aliphatic carbocycles. The average molecular weight is 385 g/mol. The second-order valence-electron chi connectivity index (χ2n) is 7.50. The third kappa shape index (κ3) is 3.98. The number of halogens is 1. The van der Waals surface area contributed by atoms with Gasteiger partial charge in [0.1, 0.15) is 17.2 Å². The van der Waals surface area contributed by atoms with E-state index in [0.29, 0.717) is 29.5 Å². The Bertz CT molecular complexity index is 1000. The lowest BCUT2D eigenvalue weighted by Gasteiger charge is -2.27. The fourth-order valence-corrected chi connectivity index (χ4v) is 3.08. The first-order valence-corrected chi connectivity index (χ1v) is 9.39. The van der Waals surface area contributed by atoms with Crippen molar-refractivity contribution in [3.8, 4) is 0 Å². The van der Waals surface area contributed by atoms with Crippen LogP contribution in [-0.2, 0) is 0 Å². The predicted molar refractivity (Wildman–Crippen MR) is 110 cm³/mol. The molecule has 3 rings (SSSR count). The van der Waals surface area contributed by atoms with Gasteiger partial charge in [-0.15, -0.1) is 0 Å². The SMILES string of the molecule is Cc1ccc(F)cc1[C@@H](C)N(C)c1ccn2ncc(C(=O)NCC(C)C)c2n1.[HH]. The van der Waals surface area contributed by atoms with E-state index in [1.165, 1.54) is 12.3 Å². The molecular weight excluding hydrogens is 357 g/mol. The van der Waals surface area contributed by atoms with Gasteiger partial charge < -0.3 is 10.2 Å². The van der Waals surface area contributed by atoms with Crippen LogP contribution < -0.4 is 10.2 Å². The van der Waals surface area contributed by atoms with Gasteiger partial charge >= 0.3 is 0 Å². The Labute approximate surface area is 165 Å². The first-order valence-electron chi connectivity index (χ1n) is 9.39. The number of hydrogen-bond donors (Lipinski definition) is 1. The second-order valence-corrected chi connectivity index (χ2v) is 7.50. The summed E-state index contributed by atoms with van der Waals surface area (Å²) >= 11 is 0. The first-order chi connectivity index (χ1) is 13.3. The Morgan fingerprint density at radius 1 is 1.32 bits per heavy atom. The van der Waals surface area contributed by atoms with E-state index in [1.54, 1.807) is 22.8 Å². The average Bonchev–Trinajstić information content (AvgIpc) is 3.10. The maximum Gasteiger partial charge on any atom is 0.256 e. The minimum Gasteiger partial charge on any atom is -0.353 e. The Balaban J connectivity index is 0.00000300. The first kappa shape index (κ1) is 19.8. The van der Waals surface area contributed by atoms with Gasteiger partial charge in [0.25, 0.3) is 5.91 Å². The van der Waals surface area contributed by atoms with Crippen molar-refractivity contribution < 1.29 is 10.6 Å². The largest absolute Gasteiger partial charge is 0.353 e. The van der Waals surface area contributed by atoms with Crippen LogP contribution in [0.4, 0.5) is 10.2 Å². The summed E-state index contributed by atoms with van der Waals surface area (Å²) in [6.07, 6.45) is 3.31. The van der Waals surface area contributed by atoms with Crippen molar-refractivity contribution in [2.24, 2.45) is 5.92 Å². The van der Waals surface area contributed by atoms with Gasteiger partial charge in [-0.2, -0.15) is 5.10 Å². The topological polar surface area (TPSA) is 62.5 Å². The van der Waals surface area contributed by atoms with E-state index >= 15 is 0 Å². The van der Waals surface area contributed by atoms with E-state index in [1.807, 2.05) is 45.7 Å². The molecule has 2 aromatic heterocycles. The lowest BCUT2D eigenvalue weighted by atomic mass is 10.0. The molecule has 7 heteroatoms. The van der Waals surface area contributed by atoms with Crippen LogP contribution in [0.15, 0.2) is 36.7 Å². The summed E-state index contributed by atoms with van der Waals surface area (Å²) in [5.74, 6) is 0.590. The summed E-state index contributed by atoms with van der Waals surface area (Å²) in [5.41, 5.74) is 2.84. The van der Waals surface area contributed by atoms with Crippen LogP contribution in [0.25, 0.3) is 5.65 Å². The molecule has 0 fully saturated rings. The summed E-state index contributed by atoms with van der Waals surface area (Å²) in [5, 5.41) is 7.12. The molecule has 1 amide bonds. The van der Waals surface area contributed by atoms with Crippen LogP contribution in [-0.4, -0.2) is 34.1 Å². The smallest absolute Gasteiger partial charge is 0.256 e. The second kappa shape index (κ2) is 7.96. The quantitative estimate of drug-likeness (QED) is 0.696. The summed E-state index contributed by atoms with van der Waals surface area (Å²) < 4.78 is 15.3. The van der Waals surface area contributed by atoms with E-state index in [-0.39, 0.29) is 19.2 Å². The number of aryl methyl sites for hydroxylation is 1. The van der Waals surface area contributed by atoms with E-state index in [4.69, 9.17) is 0 Å². The number of carbonyl (C=O) groups excluding carboxylic acids is 1. The van der Waals surface area contributed by atoms with Crippen LogP contribution in [0.2, 0.25) is 0 Å². The van der Waals surface area contributed by atoms with Crippen LogP contribution in [0, 0.1) is 18.7 Å². The van der Waals surface area contributed by atoms with Crippen LogP contribution in [0.1, 0.15) is 49.7 Å². The maximum absolute atomic E-state index is 13.7. The van der Waals surface area contributed by atoms with Crippen molar-refractivity contribution in [2.45, 2.75) is 33.7 Å². The molecular formula is C21H28FN5O. The molecule has 0 unspecified atom stereocenters. The number of carbonyl (C=O) groups is 1. The molecule has 0 bridgehead atoms. The van der Waals surface area contributed by atoms with Gasteiger partial charge in [-0.3, -0.25) is 4.79 Å². The van der Waals surface area contributed by atoms with Crippen molar-refractivity contribution >= 4 is 17.4 Å². The zero-order valence-electron chi connectivity index (χ0n) is 16.9. The van der Waals surface area contributed by atoms with E-state index in [2.05, 4.69) is 15.4 Å². The molecule has 0 saturated carbocycles. The summed E-state index contributed by atoms with van der Waals surface area (Å²) in [4.78, 5) is 19.1. The third-order valence-corrected chi connectivity index (χ3v) is 4.90. The number of anilines is 1. The van der Waals surface area contributed by atoms with Crippen molar-refractivity contribution in [1.82, 2.24) is 19.9 Å². The van der Waals surface area contributed by atoms with Gasteiger partial charge in [0.2, 0.25) is 0 Å². The molecule has 150 valence electrons. The lowest BCUT2D eigenvalue weighted by molar-refractivity contribution is 0.0950. The number of aromatic nitrogens is 3. The number of nitrogens with one attached hydrogen (secondary N) is 1. The minimum absolute atomic E-state index is 0. The highest BCUT2D eigenvalue weighted by Crippen LogP contribution is 2.27. The molecule has 0 radical (unpaired) electrons. The predicted octanol–water partition coefficient (Wildman–Crippen LogP) is 4.01. The maximum atomic E-state index is 13.7. The third-order valence-electron chi connectivity index (χ3n) is 4.90. The summed E-state index contributed by atoms with van der Waals surface area (Å²) in [7, 11) is 1.91. The van der Waals surface area contributed by atoms with E-state index in [0.717, 1.165) is 11.1 Å². The molecule has 1 atom stereocenters. The molecule has 1 N–H and O–H groups in total. The Morgan fingerprint density at radius 3 is 2.79 bits per heavy atom. The summed E-state index contributed by atoms with van der Waals surface area (Å²) in [6.45, 7) is 8.63. The molecule has 0 saturated heterocycles. The molecule has 1 aromatic carbocycles. The van der Waals surface area contributed by atoms with Gasteiger partial charge in [-0.1, -0.05) is 19.9 Å². The Morgan fingerprint density at radius 2 is 2.07 bits per heavy atom. The number of benzene rings is 1. The molecule has 0 aliphatic rings. The molecule has 6 nitrogen and oxygen atoms in total. The van der Waals surface area contributed by atoms with Crippen LogP contribution in [0.5, 0.6) is 0 Å². The van der Waals surface area contributed by atoms with Gasteiger partial charge in [0.05, 0.1) is 12.2 Å². The van der Waals surface area contributed by atoms with Crippen molar-refractivity contribution in [1.29, 1.82) is 0 Å². The normalized spacial score (nSPS) is 12.4. The zero-order valence-corrected chi connectivity index (χ0v) is 16.9. The van der Waals surface area contributed by atoms with Gasteiger partial charge in [0, 0.05) is 21.2 Å². The molecule has 2 heterocycles. The zero-order chi connectivity index (χ0) is 20.4. The number of rotatable bonds is 6. The van der Waals surface area contributed by atoms with Crippen LogP contribution in [0.3, 0.4) is 0 Å². The van der Waals surface area contributed by atoms with Gasteiger partial charge in [-0.25, -0.2) is 13.9 Å². The highest BCUT2D eigenvalue weighted by molar-refractivity contribution is 5.99. The van der Waals surface area contributed by atoms with Gasteiger partial charge in [-0.05, 0) is 49.1 Å². The van der Waals surface area contributed by atoms with Gasteiger partial charge in [0.15, 0.2) is 5.65 Å². The molecule has 3 aromatic rings.